The second-order valence-electron chi connectivity index (χ2n) is 4.67. The third-order valence-electron chi connectivity index (χ3n) is 3.20. The number of hydrogen-bond acceptors (Lipinski definition) is 3. The number of halogens is 1. The maximum atomic E-state index is 13.6. The normalized spacial score (nSPS) is 10.6. The van der Waals surface area contributed by atoms with E-state index in [0.29, 0.717) is 18.5 Å². The van der Waals surface area contributed by atoms with E-state index in [-0.39, 0.29) is 5.75 Å². The average Bonchev–Trinajstić information content (AvgIpc) is 2.76. The van der Waals surface area contributed by atoms with Crippen molar-refractivity contribution < 1.29 is 13.9 Å². The minimum absolute atomic E-state index is 0.177. The summed E-state index contributed by atoms with van der Waals surface area (Å²) >= 11 is 0. The Kier molecular flexibility index (Phi) is 4.50. The number of nitrogens with one attached hydrogen (secondary N) is 1. The van der Waals surface area contributed by atoms with E-state index < -0.39 is 5.82 Å². The SMILES string of the molecule is Cc1n[nH]c(C)c1CCCOc1ccc(C=O)cc1F. The van der Waals surface area contributed by atoms with Crippen molar-refractivity contribution in [2.24, 2.45) is 0 Å². The van der Waals surface area contributed by atoms with E-state index in [2.05, 4.69) is 10.2 Å². The number of aromatic amines is 1. The summed E-state index contributed by atoms with van der Waals surface area (Å²) in [6, 6.07) is 4.19. The molecule has 4 nitrogen and oxygen atoms in total. The molecule has 1 heterocycles. The molecule has 0 amide bonds. The zero-order valence-electron chi connectivity index (χ0n) is 11.6. The first-order valence-electron chi connectivity index (χ1n) is 6.49. The second kappa shape index (κ2) is 6.32. The van der Waals surface area contributed by atoms with E-state index in [1.54, 1.807) is 0 Å². The van der Waals surface area contributed by atoms with Crippen LogP contribution in [0.2, 0.25) is 0 Å². The van der Waals surface area contributed by atoms with E-state index in [1.165, 1.54) is 23.8 Å². The van der Waals surface area contributed by atoms with Gasteiger partial charge in [-0.1, -0.05) is 0 Å². The number of benzene rings is 1. The number of carbonyl (C=O) groups excluding carboxylic acids is 1. The fourth-order valence-electron chi connectivity index (χ4n) is 2.08. The zero-order chi connectivity index (χ0) is 14.5. The number of hydrogen-bond donors (Lipinski definition) is 1. The first-order chi connectivity index (χ1) is 9.61. The predicted molar refractivity (Wildman–Crippen MR) is 73.7 cm³/mol. The number of rotatable bonds is 6. The number of carbonyl (C=O) groups is 1. The summed E-state index contributed by atoms with van der Waals surface area (Å²) < 4.78 is 19.0. The Bertz CT molecular complexity index is 588. The van der Waals surface area contributed by atoms with Gasteiger partial charge >= 0.3 is 0 Å². The van der Waals surface area contributed by atoms with Crippen molar-refractivity contribution in [3.8, 4) is 5.75 Å². The predicted octanol–water partition coefficient (Wildman–Crippen LogP) is 2.99. The molecule has 1 aromatic carbocycles. The monoisotopic (exact) mass is 276 g/mol. The summed E-state index contributed by atoms with van der Waals surface area (Å²) in [5.74, 6) is -0.332. The van der Waals surface area contributed by atoms with Gasteiger partial charge in [0, 0.05) is 11.3 Å². The summed E-state index contributed by atoms with van der Waals surface area (Å²) in [4.78, 5) is 10.5. The van der Waals surface area contributed by atoms with Crippen LogP contribution in [0.15, 0.2) is 18.2 Å². The van der Waals surface area contributed by atoms with Crippen LogP contribution in [0.4, 0.5) is 4.39 Å². The number of aromatic nitrogens is 2. The molecule has 0 bridgehead atoms. The Morgan fingerprint density at radius 2 is 2.20 bits per heavy atom. The van der Waals surface area contributed by atoms with Crippen LogP contribution in [-0.4, -0.2) is 23.1 Å². The number of aldehydes is 1. The van der Waals surface area contributed by atoms with Crippen LogP contribution in [0.3, 0.4) is 0 Å². The first kappa shape index (κ1) is 14.2. The van der Waals surface area contributed by atoms with Crippen LogP contribution in [-0.2, 0) is 6.42 Å². The van der Waals surface area contributed by atoms with Gasteiger partial charge in [-0.2, -0.15) is 5.10 Å². The third-order valence-corrected chi connectivity index (χ3v) is 3.20. The molecule has 0 atom stereocenters. The summed E-state index contributed by atoms with van der Waals surface area (Å²) in [5, 5.41) is 7.06. The van der Waals surface area contributed by atoms with Gasteiger partial charge in [0.15, 0.2) is 11.6 Å². The van der Waals surface area contributed by atoms with Gasteiger partial charge in [-0.3, -0.25) is 9.89 Å². The molecule has 0 aliphatic heterocycles. The number of nitrogens with zero attached hydrogens (tertiary/aromatic N) is 1. The van der Waals surface area contributed by atoms with Crippen LogP contribution in [0.5, 0.6) is 5.75 Å². The highest BCUT2D eigenvalue weighted by Crippen LogP contribution is 2.18. The van der Waals surface area contributed by atoms with Crippen molar-refractivity contribution in [1.82, 2.24) is 10.2 Å². The lowest BCUT2D eigenvalue weighted by molar-refractivity contribution is 0.112. The minimum Gasteiger partial charge on any atom is -0.491 e. The highest BCUT2D eigenvalue weighted by molar-refractivity contribution is 5.74. The molecule has 106 valence electrons. The number of aryl methyl sites for hydroxylation is 2. The fraction of sp³-hybridized carbons (Fsp3) is 0.333. The molecule has 0 radical (unpaired) electrons. The Labute approximate surface area is 117 Å². The Morgan fingerprint density at radius 1 is 1.40 bits per heavy atom. The quantitative estimate of drug-likeness (QED) is 0.652. The lowest BCUT2D eigenvalue weighted by Crippen LogP contribution is -2.02. The molecule has 0 aliphatic rings. The molecule has 0 unspecified atom stereocenters. The number of H-pyrrole nitrogens is 1. The molecule has 20 heavy (non-hydrogen) atoms. The summed E-state index contributed by atoms with van der Waals surface area (Å²) in [5.41, 5.74) is 3.54. The minimum atomic E-state index is -0.509. The molecule has 5 heteroatoms. The van der Waals surface area contributed by atoms with Crippen molar-refractivity contribution in [2.45, 2.75) is 26.7 Å². The summed E-state index contributed by atoms with van der Waals surface area (Å²) in [6.07, 6.45) is 2.22. The molecule has 1 N–H and O–H groups in total. The van der Waals surface area contributed by atoms with E-state index >= 15 is 0 Å². The Hall–Kier alpha value is -2.17. The molecule has 0 aliphatic carbocycles. The van der Waals surface area contributed by atoms with Crippen LogP contribution >= 0.6 is 0 Å². The van der Waals surface area contributed by atoms with Gasteiger partial charge in [0.2, 0.25) is 0 Å². The van der Waals surface area contributed by atoms with Gasteiger partial charge in [-0.25, -0.2) is 4.39 Å². The van der Waals surface area contributed by atoms with Crippen molar-refractivity contribution in [1.29, 1.82) is 0 Å². The first-order valence-corrected chi connectivity index (χ1v) is 6.49. The van der Waals surface area contributed by atoms with Crippen molar-refractivity contribution in [2.75, 3.05) is 6.61 Å². The lowest BCUT2D eigenvalue weighted by Gasteiger charge is -2.07. The zero-order valence-corrected chi connectivity index (χ0v) is 11.6. The van der Waals surface area contributed by atoms with Gasteiger partial charge in [0.1, 0.15) is 6.29 Å². The molecule has 2 rings (SSSR count). The largest absolute Gasteiger partial charge is 0.491 e. The summed E-state index contributed by atoms with van der Waals surface area (Å²) in [6.45, 7) is 4.35. The Balaban J connectivity index is 1.86. The van der Waals surface area contributed by atoms with Crippen molar-refractivity contribution in [3.63, 3.8) is 0 Å². The highest BCUT2D eigenvalue weighted by Gasteiger charge is 2.07. The fourth-order valence-corrected chi connectivity index (χ4v) is 2.08. The van der Waals surface area contributed by atoms with Crippen molar-refractivity contribution >= 4 is 6.29 Å². The molecule has 0 spiro atoms. The molecular formula is C15H17FN2O2. The maximum Gasteiger partial charge on any atom is 0.165 e. The molecule has 2 aromatic rings. The maximum absolute atomic E-state index is 13.6. The molecule has 0 saturated carbocycles. The van der Waals surface area contributed by atoms with Crippen LogP contribution < -0.4 is 4.74 Å². The van der Waals surface area contributed by atoms with E-state index in [9.17, 15) is 9.18 Å². The summed E-state index contributed by atoms with van der Waals surface area (Å²) in [7, 11) is 0. The molecule has 0 fully saturated rings. The van der Waals surface area contributed by atoms with Crippen molar-refractivity contribution in [3.05, 3.63) is 46.5 Å². The highest BCUT2D eigenvalue weighted by atomic mass is 19.1. The van der Waals surface area contributed by atoms with Gasteiger partial charge < -0.3 is 4.74 Å². The van der Waals surface area contributed by atoms with Crippen LogP contribution in [0.25, 0.3) is 0 Å². The van der Waals surface area contributed by atoms with Crippen LogP contribution in [0, 0.1) is 19.7 Å². The van der Waals surface area contributed by atoms with Gasteiger partial charge in [0.25, 0.3) is 0 Å². The van der Waals surface area contributed by atoms with Gasteiger partial charge in [-0.05, 0) is 50.5 Å². The van der Waals surface area contributed by atoms with Gasteiger partial charge in [0.05, 0.1) is 12.3 Å². The molecular weight excluding hydrogens is 259 g/mol. The molecule has 1 aromatic heterocycles. The topological polar surface area (TPSA) is 55.0 Å². The standard InChI is InChI=1S/C15H17FN2O2/c1-10-13(11(2)18-17-10)4-3-7-20-15-6-5-12(9-19)8-14(15)16/h5-6,8-9H,3-4,7H2,1-2H3,(H,17,18). The van der Waals surface area contributed by atoms with E-state index in [0.717, 1.165) is 24.2 Å². The van der Waals surface area contributed by atoms with Gasteiger partial charge in [-0.15, -0.1) is 0 Å². The van der Waals surface area contributed by atoms with E-state index in [4.69, 9.17) is 4.74 Å². The lowest BCUT2D eigenvalue weighted by atomic mass is 10.1. The Morgan fingerprint density at radius 3 is 2.80 bits per heavy atom. The van der Waals surface area contributed by atoms with Crippen LogP contribution in [0.1, 0.15) is 33.7 Å². The number of ether oxygens (including phenoxy) is 1. The smallest absolute Gasteiger partial charge is 0.165 e. The van der Waals surface area contributed by atoms with E-state index in [1.807, 2.05) is 13.8 Å². The second-order valence-corrected chi connectivity index (χ2v) is 4.67. The third kappa shape index (κ3) is 3.23. The molecule has 0 saturated heterocycles. The average molecular weight is 276 g/mol.